The van der Waals surface area contributed by atoms with Crippen LogP contribution >= 0.6 is 22.9 Å². The molecule has 0 spiro atoms. The van der Waals surface area contributed by atoms with Gasteiger partial charge in [0.25, 0.3) is 0 Å². The van der Waals surface area contributed by atoms with Gasteiger partial charge in [-0.05, 0) is 78.9 Å². The molecule has 102 valence electrons. The summed E-state index contributed by atoms with van der Waals surface area (Å²) in [4.78, 5) is 0. The molecule has 1 N–H and O–H groups in total. The molecule has 1 nitrogen and oxygen atoms in total. The number of hydrogen-bond acceptors (Lipinski definition) is 2. The zero-order valence-corrected chi connectivity index (χ0v) is 12.8. The van der Waals surface area contributed by atoms with E-state index in [1.54, 1.807) is 11.3 Å². The number of halogens is 1. The van der Waals surface area contributed by atoms with E-state index < -0.39 is 0 Å². The van der Waals surface area contributed by atoms with Gasteiger partial charge in [-0.15, -0.1) is 0 Å². The molecule has 0 aliphatic rings. The maximum Gasteiger partial charge on any atom is 0.0408 e. The van der Waals surface area contributed by atoms with Crippen molar-refractivity contribution in [2.75, 3.05) is 13.6 Å². The monoisotopic (exact) mass is 293 g/mol. The standard InChI is InChI=1S/C16H20ClNS/c1-18-11-15(6-5-13-7-8-19-12-13)9-14-3-2-4-16(17)10-14/h2-4,7-8,10,12,15,18H,5-6,9,11H2,1H3. The molecule has 0 saturated heterocycles. The molecule has 0 aliphatic carbocycles. The normalized spacial score (nSPS) is 12.5. The van der Waals surface area contributed by atoms with Crippen molar-refractivity contribution in [2.24, 2.45) is 5.92 Å². The van der Waals surface area contributed by atoms with Gasteiger partial charge in [0.1, 0.15) is 0 Å². The van der Waals surface area contributed by atoms with E-state index in [9.17, 15) is 0 Å². The summed E-state index contributed by atoms with van der Waals surface area (Å²) in [5.41, 5.74) is 2.79. The molecule has 3 heteroatoms. The Labute approximate surface area is 124 Å². The topological polar surface area (TPSA) is 12.0 Å². The van der Waals surface area contributed by atoms with Crippen LogP contribution in [-0.4, -0.2) is 13.6 Å². The molecule has 1 unspecified atom stereocenters. The highest BCUT2D eigenvalue weighted by Crippen LogP contribution is 2.19. The first-order valence-electron chi connectivity index (χ1n) is 6.68. The van der Waals surface area contributed by atoms with E-state index in [1.165, 1.54) is 17.5 Å². The molecule has 1 atom stereocenters. The fraction of sp³-hybridized carbons (Fsp3) is 0.375. The SMILES string of the molecule is CNCC(CCc1ccsc1)Cc1cccc(Cl)c1. The Morgan fingerprint density at radius 2 is 2.16 bits per heavy atom. The molecule has 1 aromatic heterocycles. The lowest BCUT2D eigenvalue weighted by Crippen LogP contribution is -2.21. The number of thiophene rings is 1. The molecular formula is C16H20ClNS. The number of hydrogen-bond donors (Lipinski definition) is 1. The van der Waals surface area contributed by atoms with E-state index in [2.05, 4.69) is 34.3 Å². The van der Waals surface area contributed by atoms with Crippen LogP contribution in [0, 0.1) is 5.92 Å². The highest BCUT2D eigenvalue weighted by atomic mass is 35.5. The first kappa shape index (κ1) is 14.6. The number of aryl methyl sites for hydroxylation is 1. The molecule has 0 fully saturated rings. The lowest BCUT2D eigenvalue weighted by molar-refractivity contribution is 0.461. The Hall–Kier alpha value is -0.830. The Morgan fingerprint density at radius 3 is 2.84 bits per heavy atom. The number of rotatable bonds is 7. The van der Waals surface area contributed by atoms with E-state index in [0.717, 1.165) is 24.4 Å². The predicted octanol–water partition coefficient (Wildman–Crippen LogP) is 4.41. The quantitative estimate of drug-likeness (QED) is 0.797. The van der Waals surface area contributed by atoms with Gasteiger partial charge in [0, 0.05) is 5.02 Å². The Kier molecular flexibility index (Phi) is 5.90. The highest BCUT2D eigenvalue weighted by Gasteiger charge is 2.10. The van der Waals surface area contributed by atoms with Crippen molar-refractivity contribution >= 4 is 22.9 Å². The summed E-state index contributed by atoms with van der Waals surface area (Å²) in [6.07, 6.45) is 3.46. The van der Waals surface area contributed by atoms with Crippen molar-refractivity contribution in [1.29, 1.82) is 0 Å². The molecule has 2 aromatic rings. The molecule has 2 rings (SSSR count). The second-order valence-corrected chi connectivity index (χ2v) is 6.14. The molecule has 0 amide bonds. The van der Waals surface area contributed by atoms with E-state index in [1.807, 2.05) is 19.2 Å². The van der Waals surface area contributed by atoms with E-state index in [-0.39, 0.29) is 0 Å². The van der Waals surface area contributed by atoms with Crippen LogP contribution in [0.1, 0.15) is 17.5 Å². The van der Waals surface area contributed by atoms with Gasteiger partial charge < -0.3 is 5.32 Å². The lowest BCUT2D eigenvalue weighted by atomic mass is 9.93. The van der Waals surface area contributed by atoms with Gasteiger partial charge in [-0.25, -0.2) is 0 Å². The van der Waals surface area contributed by atoms with Crippen LogP contribution in [0.4, 0.5) is 0 Å². The molecule has 0 aliphatic heterocycles. The third kappa shape index (κ3) is 4.98. The third-order valence-electron chi connectivity index (χ3n) is 3.33. The molecule has 19 heavy (non-hydrogen) atoms. The Balaban J connectivity index is 1.91. The van der Waals surface area contributed by atoms with Gasteiger partial charge in [0.2, 0.25) is 0 Å². The predicted molar refractivity (Wildman–Crippen MR) is 85.2 cm³/mol. The average Bonchev–Trinajstić information content (AvgIpc) is 2.89. The minimum absolute atomic E-state index is 0.656. The van der Waals surface area contributed by atoms with Crippen molar-refractivity contribution < 1.29 is 0 Å². The van der Waals surface area contributed by atoms with Gasteiger partial charge in [-0.1, -0.05) is 23.7 Å². The zero-order chi connectivity index (χ0) is 13.5. The lowest BCUT2D eigenvalue weighted by Gasteiger charge is -2.16. The molecule has 0 saturated carbocycles. The van der Waals surface area contributed by atoms with Crippen LogP contribution in [0.15, 0.2) is 41.1 Å². The van der Waals surface area contributed by atoms with Crippen molar-refractivity contribution in [1.82, 2.24) is 5.32 Å². The van der Waals surface area contributed by atoms with Gasteiger partial charge in [0.05, 0.1) is 0 Å². The van der Waals surface area contributed by atoms with Gasteiger partial charge in [0.15, 0.2) is 0 Å². The minimum Gasteiger partial charge on any atom is -0.319 e. The van der Waals surface area contributed by atoms with Crippen LogP contribution in [0.2, 0.25) is 5.02 Å². The smallest absolute Gasteiger partial charge is 0.0408 e. The summed E-state index contributed by atoms with van der Waals surface area (Å²) >= 11 is 7.83. The van der Waals surface area contributed by atoms with Crippen molar-refractivity contribution in [3.05, 3.63) is 57.2 Å². The average molecular weight is 294 g/mol. The van der Waals surface area contributed by atoms with Crippen LogP contribution in [0.25, 0.3) is 0 Å². The van der Waals surface area contributed by atoms with E-state index in [0.29, 0.717) is 5.92 Å². The summed E-state index contributed by atoms with van der Waals surface area (Å²) in [7, 11) is 2.02. The molecule has 1 aromatic carbocycles. The summed E-state index contributed by atoms with van der Waals surface area (Å²) in [6.45, 7) is 1.05. The number of benzene rings is 1. The third-order valence-corrected chi connectivity index (χ3v) is 4.29. The Morgan fingerprint density at radius 1 is 1.26 bits per heavy atom. The van der Waals surface area contributed by atoms with E-state index in [4.69, 9.17) is 11.6 Å². The van der Waals surface area contributed by atoms with Crippen molar-refractivity contribution in [3.63, 3.8) is 0 Å². The van der Waals surface area contributed by atoms with Crippen molar-refractivity contribution in [2.45, 2.75) is 19.3 Å². The Bertz CT molecular complexity index is 481. The van der Waals surface area contributed by atoms with Crippen LogP contribution in [-0.2, 0) is 12.8 Å². The maximum atomic E-state index is 6.05. The second kappa shape index (κ2) is 7.68. The fourth-order valence-corrected chi connectivity index (χ4v) is 3.28. The first-order chi connectivity index (χ1) is 9.28. The van der Waals surface area contributed by atoms with Crippen LogP contribution in [0.5, 0.6) is 0 Å². The van der Waals surface area contributed by atoms with Gasteiger partial charge in [-0.2, -0.15) is 11.3 Å². The van der Waals surface area contributed by atoms with Gasteiger partial charge >= 0.3 is 0 Å². The second-order valence-electron chi connectivity index (χ2n) is 4.93. The largest absolute Gasteiger partial charge is 0.319 e. The molecule has 1 heterocycles. The van der Waals surface area contributed by atoms with E-state index >= 15 is 0 Å². The summed E-state index contributed by atoms with van der Waals surface area (Å²) in [5.74, 6) is 0.656. The molecule has 0 radical (unpaired) electrons. The highest BCUT2D eigenvalue weighted by molar-refractivity contribution is 7.07. The first-order valence-corrected chi connectivity index (χ1v) is 8.00. The van der Waals surface area contributed by atoms with Crippen molar-refractivity contribution in [3.8, 4) is 0 Å². The molecule has 0 bridgehead atoms. The van der Waals surface area contributed by atoms with Crippen LogP contribution in [0.3, 0.4) is 0 Å². The zero-order valence-electron chi connectivity index (χ0n) is 11.2. The van der Waals surface area contributed by atoms with Gasteiger partial charge in [-0.3, -0.25) is 0 Å². The summed E-state index contributed by atoms with van der Waals surface area (Å²) in [5, 5.41) is 8.53. The summed E-state index contributed by atoms with van der Waals surface area (Å²) < 4.78 is 0. The fourth-order valence-electron chi connectivity index (χ4n) is 2.37. The number of nitrogens with one attached hydrogen (secondary N) is 1. The summed E-state index contributed by atoms with van der Waals surface area (Å²) in [6, 6.07) is 10.4. The maximum absolute atomic E-state index is 6.05. The minimum atomic E-state index is 0.656. The molecular weight excluding hydrogens is 274 g/mol. The van der Waals surface area contributed by atoms with Crippen LogP contribution < -0.4 is 5.32 Å².